The van der Waals surface area contributed by atoms with E-state index in [9.17, 15) is 24.3 Å². The van der Waals surface area contributed by atoms with Crippen molar-refractivity contribution in [1.82, 2.24) is 34.6 Å². The number of fused-ring (bicyclic) bond motifs is 1. The maximum Gasteiger partial charge on any atom is 0.407 e. The molecule has 2 aliphatic heterocycles. The average molecular weight is 857 g/mol. The minimum Gasteiger partial charge on any atom is -0.467 e. The highest BCUT2D eigenvalue weighted by atomic mass is 16.5. The van der Waals surface area contributed by atoms with Gasteiger partial charge in [0.15, 0.2) is 0 Å². The Morgan fingerprint density at radius 2 is 1.23 bits per heavy atom. The van der Waals surface area contributed by atoms with E-state index in [-0.39, 0.29) is 18.0 Å². The lowest BCUT2D eigenvalue weighted by Gasteiger charge is -2.33. The zero-order valence-corrected chi connectivity index (χ0v) is 35.5. The van der Waals surface area contributed by atoms with E-state index < -0.39 is 29.6 Å². The fourth-order valence-corrected chi connectivity index (χ4v) is 9.20. The predicted octanol–water partition coefficient (Wildman–Crippen LogP) is 7.99. The highest BCUT2D eigenvalue weighted by Crippen LogP contribution is 2.38. The predicted molar refractivity (Wildman–Crippen MR) is 241 cm³/mol. The summed E-state index contributed by atoms with van der Waals surface area (Å²) in [5.41, 5.74) is 11.2. The number of hydrogen-bond acceptors (Lipinski definition) is 8. The number of H-pyrrole nitrogens is 2. The molecule has 4 atom stereocenters. The number of carbonyl (C=O) groups is 4. The van der Waals surface area contributed by atoms with Crippen LogP contribution in [0.25, 0.3) is 44.4 Å². The van der Waals surface area contributed by atoms with Gasteiger partial charge in [-0.2, -0.15) is 0 Å². The molecule has 3 amide bonds. The molecule has 4 unspecified atom stereocenters. The second kappa shape index (κ2) is 17.3. The number of aromatic amines is 2. The topological polar surface area (TPSA) is 191 Å². The van der Waals surface area contributed by atoms with E-state index in [0.29, 0.717) is 42.3 Å². The molecule has 0 aliphatic carbocycles. The van der Waals surface area contributed by atoms with Crippen LogP contribution in [-0.2, 0) is 24.7 Å². The summed E-state index contributed by atoms with van der Waals surface area (Å²) in [4.78, 5) is 73.9. The van der Waals surface area contributed by atoms with E-state index in [2.05, 4.69) is 52.4 Å². The van der Waals surface area contributed by atoms with Crippen molar-refractivity contribution in [2.75, 3.05) is 27.2 Å². The highest BCUT2D eigenvalue weighted by molar-refractivity contribution is 6.08. The number of likely N-dealkylation sites (tertiary alicyclic amines) is 2. The number of benzene rings is 5. The fourth-order valence-electron chi connectivity index (χ4n) is 9.20. The van der Waals surface area contributed by atoms with E-state index in [1.807, 2.05) is 24.3 Å². The molecule has 2 aliphatic rings. The van der Waals surface area contributed by atoms with Gasteiger partial charge in [0, 0.05) is 25.7 Å². The van der Waals surface area contributed by atoms with Crippen molar-refractivity contribution < 1.29 is 29.0 Å². The lowest BCUT2D eigenvalue weighted by atomic mass is 9.89. The van der Waals surface area contributed by atoms with Gasteiger partial charge in [-0.05, 0) is 76.4 Å². The van der Waals surface area contributed by atoms with Crippen LogP contribution in [0.1, 0.15) is 66.6 Å². The Morgan fingerprint density at radius 1 is 0.719 bits per heavy atom. The second-order valence-electron chi connectivity index (χ2n) is 16.4. The molecular weight excluding hydrogens is 809 g/mol. The van der Waals surface area contributed by atoms with Crippen LogP contribution >= 0.6 is 0 Å². The summed E-state index contributed by atoms with van der Waals surface area (Å²) in [5.74, 6) is -0.323. The third kappa shape index (κ3) is 7.66. The molecule has 2 fully saturated rings. The summed E-state index contributed by atoms with van der Waals surface area (Å²) in [6.45, 7) is 0.945. The Hall–Kier alpha value is -7.58. The zero-order chi connectivity index (χ0) is 44.5. The van der Waals surface area contributed by atoms with Gasteiger partial charge in [-0.3, -0.25) is 14.5 Å². The van der Waals surface area contributed by atoms with Crippen molar-refractivity contribution >= 4 is 34.6 Å². The molecule has 2 aromatic heterocycles. The first kappa shape index (κ1) is 41.8. The van der Waals surface area contributed by atoms with Crippen molar-refractivity contribution in [3.8, 4) is 33.6 Å². The van der Waals surface area contributed by atoms with Gasteiger partial charge in [-0.25, -0.2) is 19.6 Å². The molecule has 0 spiro atoms. The minimum absolute atomic E-state index is 0.272. The van der Waals surface area contributed by atoms with Crippen molar-refractivity contribution in [3.63, 3.8) is 0 Å². The van der Waals surface area contributed by atoms with E-state index in [1.54, 1.807) is 76.8 Å². The molecule has 5 N–H and O–H groups in total. The molecule has 0 radical (unpaired) electrons. The van der Waals surface area contributed by atoms with Gasteiger partial charge in [0.2, 0.25) is 5.54 Å². The maximum atomic E-state index is 14.1. The molecule has 64 heavy (non-hydrogen) atoms. The molecule has 4 heterocycles. The number of ether oxygens (including phenoxy) is 1. The first-order chi connectivity index (χ1) is 31.0. The molecule has 7 aromatic rings. The number of rotatable bonds is 11. The number of aromatic nitrogens is 4. The van der Waals surface area contributed by atoms with Crippen molar-refractivity contribution in [1.29, 1.82) is 0 Å². The Morgan fingerprint density at radius 3 is 1.84 bits per heavy atom. The molecular formula is C50H48N8O6. The Bertz CT molecular complexity index is 2840. The molecule has 14 heteroatoms. The number of carboxylic acid groups (broad SMARTS) is 1. The van der Waals surface area contributed by atoms with Gasteiger partial charge in [0.05, 0.1) is 43.0 Å². The van der Waals surface area contributed by atoms with E-state index in [1.165, 1.54) is 14.2 Å². The lowest BCUT2D eigenvalue weighted by molar-refractivity contribution is -0.157. The van der Waals surface area contributed by atoms with Crippen LogP contribution in [0.3, 0.4) is 0 Å². The normalized spacial score (nSPS) is 17.5. The Labute approximate surface area is 369 Å². The van der Waals surface area contributed by atoms with E-state index in [0.717, 1.165) is 68.6 Å². The summed E-state index contributed by atoms with van der Waals surface area (Å²) in [6.07, 6.45) is 5.29. The van der Waals surface area contributed by atoms with Gasteiger partial charge in [0.25, 0.3) is 11.8 Å². The molecule has 2 saturated heterocycles. The minimum atomic E-state index is -1.99. The molecule has 5 aromatic carbocycles. The largest absolute Gasteiger partial charge is 0.467 e. The van der Waals surface area contributed by atoms with Crippen LogP contribution in [0.5, 0.6) is 0 Å². The van der Waals surface area contributed by atoms with Gasteiger partial charge in [-0.15, -0.1) is 0 Å². The van der Waals surface area contributed by atoms with Crippen LogP contribution < -0.4 is 5.73 Å². The quantitative estimate of drug-likeness (QED) is 0.0738. The number of esters is 1. The summed E-state index contributed by atoms with van der Waals surface area (Å²) >= 11 is 0. The molecule has 324 valence electrons. The van der Waals surface area contributed by atoms with E-state index in [4.69, 9.17) is 20.4 Å². The van der Waals surface area contributed by atoms with E-state index >= 15 is 0 Å². The third-order valence-electron chi connectivity index (χ3n) is 12.7. The molecule has 0 bridgehead atoms. The number of imidazole rings is 2. The lowest BCUT2D eigenvalue weighted by Crippen LogP contribution is -2.58. The Balaban J connectivity index is 0.888. The van der Waals surface area contributed by atoms with Gasteiger partial charge < -0.3 is 35.3 Å². The number of nitrogens with zero attached hydrogens (tertiary/aromatic N) is 5. The summed E-state index contributed by atoms with van der Waals surface area (Å²) in [5, 5.41) is 11.9. The van der Waals surface area contributed by atoms with Crippen LogP contribution in [0.15, 0.2) is 134 Å². The Kier molecular flexibility index (Phi) is 11.3. The summed E-state index contributed by atoms with van der Waals surface area (Å²) in [7, 11) is 2.66. The van der Waals surface area contributed by atoms with Crippen LogP contribution in [0.4, 0.5) is 4.79 Å². The second-order valence-corrected chi connectivity index (χ2v) is 16.4. The fraction of sp³-hybridized carbons (Fsp3) is 0.240. The monoisotopic (exact) mass is 856 g/mol. The molecule has 0 saturated carbocycles. The highest BCUT2D eigenvalue weighted by Gasteiger charge is 2.50. The smallest absolute Gasteiger partial charge is 0.407 e. The molecule has 9 rings (SSSR count). The average Bonchev–Trinajstić information content (AvgIpc) is 4.19. The van der Waals surface area contributed by atoms with Crippen LogP contribution in [-0.4, -0.2) is 90.9 Å². The SMILES string of the molecule is COC(=O)C(N)(C(=O)N1CCCC1c1ncc(-c2ccc3cc(-c4ccc(-c5cnc(C6CCCN6C(=O)C(c6ccccc6)N(C)C(=O)O)[nH]5)cc4)ccc3c2)[nH]1)c1ccccc1. The number of carbonyl (C=O) groups excluding carboxylic acids is 3. The van der Waals surface area contributed by atoms with Crippen molar-refractivity contribution in [2.24, 2.45) is 5.73 Å². The van der Waals surface area contributed by atoms with Crippen molar-refractivity contribution in [3.05, 3.63) is 156 Å². The summed E-state index contributed by atoms with van der Waals surface area (Å²) < 4.78 is 5.03. The van der Waals surface area contributed by atoms with Crippen LogP contribution in [0, 0.1) is 0 Å². The number of amides is 3. The zero-order valence-electron chi connectivity index (χ0n) is 35.5. The van der Waals surface area contributed by atoms with Crippen molar-refractivity contribution in [2.45, 2.75) is 49.3 Å². The standard InChI is InChI=1S/C50H48N8O6/c1-56(49(62)63)43(33-11-5-3-6-12-33)46(59)57-25-9-15-41(57)44-52-29-39(54-44)32-19-17-31(18-20-32)34-21-22-36-28-37(24-23-35(36)27-34)40-30-53-45(55-40)42-16-10-26-58(42)47(60)50(51,48(61)64-2)38-13-7-4-8-14-38/h3-8,11-14,17-24,27-30,41-43H,9-10,15-16,25-26,51H2,1-2H3,(H,52,54)(H,53,55)(H,62,63). The number of methoxy groups -OCH3 is 1. The third-order valence-corrected chi connectivity index (χ3v) is 12.7. The van der Waals surface area contributed by atoms with Gasteiger partial charge in [-0.1, -0.05) is 109 Å². The first-order valence-electron chi connectivity index (χ1n) is 21.3. The number of nitrogens with one attached hydrogen (secondary N) is 2. The van der Waals surface area contributed by atoms with Gasteiger partial charge in [0.1, 0.15) is 17.7 Å². The maximum absolute atomic E-state index is 14.1. The first-order valence-corrected chi connectivity index (χ1v) is 21.3. The van der Waals surface area contributed by atoms with Gasteiger partial charge >= 0.3 is 12.1 Å². The number of hydrogen-bond donors (Lipinski definition) is 4. The number of nitrogens with two attached hydrogens (primary N) is 1. The number of likely N-dealkylation sites (N-methyl/N-ethyl adjacent to an activating group) is 1. The molecule has 14 nitrogen and oxygen atoms in total. The summed E-state index contributed by atoms with van der Waals surface area (Å²) in [6, 6.07) is 36.8. The van der Waals surface area contributed by atoms with Crippen LogP contribution in [0.2, 0.25) is 0 Å².